The number of hydrogen-bond acceptors (Lipinski definition) is 4. The summed E-state index contributed by atoms with van der Waals surface area (Å²) in [5.41, 5.74) is 2.86. The van der Waals surface area contributed by atoms with E-state index in [9.17, 15) is 0 Å². The van der Waals surface area contributed by atoms with E-state index in [1.165, 1.54) is 16.0 Å². The van der Waals surface area contributed by atoms with Gasteiger partial charge in [0.2, 0.25) is 0 Å². The number of rotatable bonds is 5. The second-order valence-corrected chi connectivity index (χ2v) is 8.56. The molecule has 0 saturated carbocycles. The molecular weight excluding hydrogens is 330 g/mol. The van der Waals surface area contributed by atoms with Crippen molar-refractivity contribution in [3.8, 4) is 10.8 Å². The smallest absolute Gasteiger partial charge is 0.274 e. The Labute approximate surface area is 153 Å². The van der Waals surface area contributed by atoms with Crippen molar-refractivity contribution in [2.24, 2.45) is 0 Å². The Bertz CT molecular complexity index is 800. The van der Waals surface area contributed by atoms with Crippen LogP contribution in [-0.4, -0.2) is 17.2 Å². The summed E-state index contributed by atoms with van der Waals surface area (Å²) < 4.78 is 5.88. The minimum absolute atomic E-state index is 0.142. The van der Waals surface area contributed by atoms with E-state index in [4.69, 9.17) is 4.42 Å². The van der Waals surface area contributed by atoms with Gasteiger partial charge in [0.25, 0.3) is 11.8 Å². The van der Waals surface area contributed by atoms with E-state index in [0.29, 0.717) is 11.8 Å². The van der Waals surface area contributed by atoms with Crippen LogP contribution in [0.15, 0.2) is 46.2 Å². The van der Waals surface area contributed by atoms with Crippen LogP contribution < -0.4 is 4.90 Å². The average molecular weight is 357 g/mol. The van der Waals surface area contributed by atoms with E-state index >= 15 is 0 Å². The van der Waals surface area contributed by atoms with E-state index in [1.807, 2.05) is 17.5 Å². The lowest BCUT2D eigenvalue weighted by molar-refractivity contribution is -0.925. The highest BCUT2D eigenvalue weighted by atomic mass is 32.1. The van der Waals surface area contributed by atoms with Crippen molar-refractivity contribution >= 4 is 11.3 Å². The summed E-state index contributed by atoms with van der Waals surface area (Å²) >= 11 is 1.61. The maximum atomic E-state index is 5.88. The van der Waals surface area contributed by atoms with E-state index < -0.39 is 0 Å². The minimum Gasteiger partial charge on any atom is -0.414 e. The Balaban J connectivity index is 1.67. The summed E-state index contributed by atoms with van der Waals surface area (Å²) in [5.74, 6) is 1.30. The molecule has 0 saturated heterocycles. The Morgan fingerprint density at radius 1 is 1.12 bits per heavy atom. The zero-order valence-corrected chi connectivity index (χ0v) is 16.4. The van der Waals surface area contributed by atoms with Gasteiger partial charge in [-0.3, -0.25) is 0 Å². The van der Waals surface area contributed by atoms with Crippen LogP contribution >= 0.6 is 11.3 Å². The maximum Gasteiger partial charge on any atom is 0.274 e. The van der Waals surface area contributed by atoms with Gasteiger partial charge in [-0.15, -0.1) is 21.5 Å². The molecule has 3 rings (SSSR count). The van der Waals surface area contributed by atoms with E-state index in [0.717, 1.165) is 11.4 Å². The van der Waals surface area contributed by atoms with Gasteiger partial charge in [0, 0.05) is 5.56 Å². The first-order chi connectivity index (χ1) is 11.8. The predicted molar refractivity (Wildman–Crippen MR) is 102 cm³/mol. The van der Waals surface area contributed by atoms with Crippen molar-refractivity contribution in [3.63, 3.8) is 0 Å². The van der Waals surface area contributed by atoms with Crippen molar-refractivity contribution < 1.29 is 9.32 Å². The molecule has 2 aromatic heterocycles. The molecule has 2 atom stereocenters. The quantitative estimate of drug-likeness (QED) is 0.755. The molecule has 0 spiro atoms. The minimum atomic E-state index is 0.142. The molecule has 0 aliphatic rings. The number of thiophene rings is 1. The lowest BCUT2D eigenvalue weighted by Gasteiger charge is -2.21. The first kappa shape index (κ1) is 17.8. The number of hydrogen-bond donors (Lipinski definition) is 1. The molecule has 4 nitrogen and oxygen atoms in total. The Morgan fingerprint density at radius 3 is 2.44 bits per heavy atom. The van der Waals surface area contributed by atoms with Crippen LogP contribution in [0.3, 0.4) is 0 Å². The van der Waals surface area contributed by atoms with Gasteiger partial charge in [0.15, 0.2) is 6.04 Å². The van der Waals surface area contributed by atoms with E-state index in [2.05, 4.69) is 69.2 Å². The van der Waals surface area contributed by atoms with Crippen LogP contribution in [0, 0.1) is 0 Å². The van der Waals surface area contributed by atoms with Crippen molar-refractivity contribution in [1.82, 2.24) is 10.2 Å². The van der Waals surface area contributed by atoms with Gasteiger partial charge in [0.05, 0.1) is 11.9 Å². The molecule has 0 bridgehead atoms. The monoisotopic (exact) mass is 356 g/mol. The van der Waals surface area contributed by atoms with Gasteiger partial charge >= 0.3 is 0 Å². The molecular formula is C20H26N3OS+. The van der Waals surface area contributed by atoms with Gasteiger partial charge in [0.1, 0.15) is 6.54 Å². The second kappa shape index (κ2) is 7.10. The van der Waals surface area contributed by atoms with Crippen LogP contribution in [0.2, 0.25) is 0 Å². The third kappa shape index (κ3) is 4.17. The lowest BCUT2D eigenvalue weighted by Crippen LogP contribution is -3.07. The number of aromatic nitrogens is 2. The first-order valence-corrected chi connectivity index (χ1v) is 9.51. The molecule has 0 aliphatic heterocycles. The van der Waals surface area contributed by atoms with Crippen LogP contribution in [0.5, 0.6) is 0 Å². The van der Waals surface area contributed by atoms with Crippen molar-refractivity contribution in [2.75, 3.05) is 7.05 Å². The molecule has 132 valence electrons. The molecule has 0 aliphatic carbocycles. The molecule has 1 unspecified atom stereocenters. The topological polar surface area (TPSA) is 43.4 Å². The van der Waals surface area contributed by atoms with Gasteiger partial charge in [-0.1, -0.05) is 51.1 Å². The van der Waals surface area contributed by atoms with Crippen LogP contribution in [0.1, 0.15) is 50.8 Å². The lowest BCUT2D eigenvalue weighted by atomic mass is 9.87. The Kier molecular flexibility index (Phi) is 5.06. The zero-order valence-electron chi connectivity index (χ0n) is 15.5. The Morgan fingerprint density at radius 2 is 1.84 bits per heavy atom. The molecule has 25 heavy (non-hydrogen) atoms. The highest BCUT2D eigenvalue weighted by Crippen LogP contribution is 2.24. The van der Waals surface area contributed by atoms with Crippen LogP contribution in [0.25, 0.3) is 10.8 Å². The van der Waals surface area contributed by atoms with Gasteiger partial charge in [-0.2, -0.15) is 0 Å². The van der Waals surface area contributed by atoms with Crippen molar-refractivity contribution in [1.29, 1.82) is 0 Å². The summed E-state index contributed by atoms with van der Waals surface area (Å²) in [6.45, 7) is 9.76. The maximum absolute atomic E-state index is 5.88. The number of nitrogens with one attached hydrogen (secondary N) is 1. The van der Waals surface area contributed by atoms with E-state index in [1.54, 1.807) is 11.3 Å². The van der Waals surface area contributed by atoms with Gasteiger partial charge in [-0.05, 0) is 29.3 Å². The van der Waals surface area contributed by atoms with Crippen LogP contribution in [0.4, 0.5) is 0 Å². The summed E-state index contributed by atoms with van der Waals surface area (Å²) in [6, 6.07) is 13.0. The molecule has 1 aromatic carbocycles. The first-order valence-electron chi connectivity index (χ1n) is 8.63. The average Bonchev–Trinajstić information content (AvgIpc) is 3.25. The highest BCUT2D eigenvalue weighted by molar-refractivity contribution is 7.13. The normalized spacial score (nSPS) is 14.4. The third-order valence-corrected chi connectivity index (χ3v) is 5.44. The molecule has 0 fully saturated rings. The number of quaternary nitrogens is 1. The molecule has 3 aromatic rings. The number of benzene rings is 1. The standard InChI is InChI=1S/C20H25N3OS/c1-14(18-21-22-19(24-18)17-7-6-12-25-17)23(5)13-15-8-10-16(11-9-15)20(2,3)4/h6-12,14H,13H2,1-5H3/p+1/t14-/m0/s1. The fourth-order valence-electron chi connectivity index (χ4n) is 2.72. The highest BCUT2D eigenvalue weighted by Gasteiger charge is 2.23. The summed E-state index contributed by atoms with van der Waals surface area (Å²) in [6.07, 6.45) is 0. The molecule has 0 amide bonds. The van der Waals surface area contributed by atoms with Crippen molar-refractivity contribution in [3.05, 3.63) is 58.8 Å². The van der Waals surface area contributed by atoms with Gasteiger partial charge in [-0.25, -0.2) is 0 Å². The van der Waals surface area contributed by atoms with Crippen molar-refractivity contribution in [2.45, 2.75) is 45.7 Å². The third-order valence-electron chi connectivity index (χ3n) is 4.59. The van der Waals surface area contributed by atoms with Crippen LogP contribution in [-0.2, 0) is 12.0 Å². The predicted octanol–water partition coefficient (Wildman–Crippen LogP) is 3.87. The number of nitrogens with zero attached hydrogens (tertiary/aromatic N) is 2. The molecule has 5 heteroatoms. The second-order valence-electron chi connectivity index (χ2n) is 7.61. The fourth-order valence-corrected chi connectivity index (χ4v) is 3.36. The fraction of sp³-hybridized carbons (Fsp3) is 0.400. The Hall–Kier alpha value is -1.98. The molecule has 1 N–H and O–H groups in total. The summed E-state index contributed by atoms with van der Waals surface area (Å²) in [5, 5.41) is 10.5. The van der Waals surface area contributed by atoms with Gasteiger partial charge < -0.3 is 9.32 Å². The largest absolute Gasteiger partial charge is 0.414 e. The zero-order chi connectivity index (χ0) is 18.0. The summed E-state index contributed by atoms with van der Waals surface area (Å²) in [4.78, 5) is 2.34. The SMILES string of the molecule is C[C@@H](c1nnc(-c2cccs2)o1)[NH+](C)Cc1ccc(C(C)(C)C)cc1. The molecule has 2 heterocycles. The van der Waals surface area contributed by atoms with E-state index in [-0.39, 0.29) is 11.5 Å². The summed E-state index contributed by atoms with van der Waals surface area (Å²) in [7, 11) is 2.16. The molecule has 0 radical (unpaired) electrons.